The Balaban J connectivity index is 2.30. The van der Waals surface area contributed by atoms with Gasteiger partial charge in [-0.3, -0.25) is 0 Å². The summed E-state index contributed by atoms with van der Waals surface area (Å²) >= 11 is 5.65. The predicted molar refractivity (Wildman–Crippen MR) is 78.3 cm³/mol. The number of aliphatic hydroxyl groups excluding tert-OH is 1. The second-order valence-corrected chi connectivity index (χ2v) is 7.25. The minimum Gasteiger partial charge on any atom is -0.395 e. The third-order valence-corrected chi connectivity index (χ3v) is 5.64. The highest BCUT2D eigenvalue weighted by Crippen LogP contribution is 2.25. The molecule has 8 heteroatoms. The summed E-state index contributed by atoms with van der Waals surface area (Å²) in [4.78, 5) is -0.457. The quantitative estimate of drug-likeness (QED) is 0.819. The molecule has 1 atom stereocenters. The maximum atomic E-state index is 14.0. The minimum absolute atomic E-state index is 0.0218. The minimum atomic E-state index is -4.03. The number of benzene rings is 1. The highest BCUT2D eigenvalue weighted by atomic mass is 35.5. The largest absolute Gasteiger partial charge is 0.395 e. The lowest BCUT2D eigenvalue weighted by atomic mass is 10.2. The van der Waals surface area contributed by atoms with Gasteiger partial charge in [-0.2, -0.15) is 4.31 Å². The van der Waals surface area contributed by atoms with Crippen LogP contribution in [0.5, 0.6) is 0 Å². The van der Waals surface area contributed by atoms with E-state index >= 15 is 0 Å². The van der Waals surface area contributed by atoms with Gasteiger partial charge in [0.25, 0.3) is 0 Å². The number of halogens is 2. The molecule has 2 N–H and O–H groups in total. The van der Waals surface area contributed by atoms with E-state index in [4.69, 9.17) is 16.7 Å². The van der Waals surface area contributed by atoms with Gasteiger partial charge < -0.3 is 10.4 Å². The van der Waals surface area contributed by atoms with Crippen LogP contribution in [-0.2, 0) is 10.0 Å². The Morgan fingerprint density at radius 2 is 2.24 bits per heavy atom. The molecule has 1 saturated heterocycles. The second kappa shape index (κ2) is 7.02. The molecule has 0 aliphatic carbocycles. The Morgan fingerprint density at radius 1 is 1.48 bits per heavy atom. The Morgan fingerprint density at radius 3 is 2.86 bits per heavy atom. The van der Waals surface area contributed by atoms with Crippen molar-refractivity contribution in [3.05, 3.63) is 29.0 Å². The smallest absolute Gasteiger partial charge is 0.246 e. The van der Waals surface area contributed by atoms with Crippen LogP contribution >= 0.6 is 11.6 Å². The van der Waals surface area contributed by atoms with Crippen LogP contribution in [0.3, 0.4) is 0 Å². The van der Waals surface area contributed by atoms with E-state index in [1.165, 1.54) is 18.2 Å². The lowest BCUT2D eigenvalue weighted by molar-refractivity contribution is 0.246. The van der Waals surface area contributed by atoms with Gasteiger partial charge in [0.2, 0.25) is 10.0 Å². The van der Waals surface area contributed by atoms with Crippen LogP contribution in [0.4, 0.5) is 4.39 Å². The normalized spacial score (nSPS) is 19.3. The van der Waals surface area contributed by atoms with Crippen molar-refractivity contribution in [2.24, 2.45) is 0 Å². The molecular weight excluding hydrogens is 319 g/mol. The third kappa shape index (κ3) is 3.73. The zero-order chi connectivity index (χ0) is 15.5. The van der Waals surface area contributed by atoms with Crippen LogP contribution in [0.25, 0.3) is 0 Å². The van der Waals surface area contributed by atoms with Crippen molar-refractivity contribution in [3.8, 4) is 0 Å². The molecule has 1 aliphatic heterocycles. The Labute approximate surface area is 128 Å². The molecule has 0 saturated carbocycles. The van der Waals surface area contributed by atoms with Crippen molar-refractivity contribution in [2.45, 2.75) is 23.8 Å². The Hall–Kier alpha value is -0.730. The van der Waals surface area contributed by atoms with E-state index in [1.807, 2.05) is 0 Å². The fourth-order valence-corrected chi connectivity index (χ4v) is 4.20. The summed E-state index contributed by atoms with van der Waals surface area (Å²) < 4.78 is 40.2. The van der Waals surface area contributed by atoms with Gasteiger partial charge in [-0.25, -0.2) is 12.8 Å². The summed E-state index contributed by atoms with van der Waals surface area (Å²) in [5.41, 5.74) is 0. The van der Waals surface area contributed by atoms with E-state index in [2.05, 4.69) is 5.32 Å². The maximum Gasteiger partial charge on any atom is 0.246 e. The molecule has 0 amide bonds. The average molecular weight is 337 g/mol. The summed E-state index contributed by atoms with van der Waals surface area (Å²) in [5.74, 6) is -0.957. The summed E-state index contributed by atoms with van der Waals surface area (Å²) in [5, 5.41) is 12.0. The van der Waals surface area contributed by atoms with E-state index in [9.17, 15) is 12.8 Å². The summed E-state index contributed by atoms with van der Waals surface area (Å²) in [6.45, 7) is 0.638. The molecule has 5 nitrogen and oxygen atoms in total. The molecule has 1 aromatic rings. The van der Waals surface area contributed by atoms with Crippen molar-refractivity contribution < 1.29 is 17.9 Å². The van der Waals surface area contributed by atoms with Gasteiger partial charge in [-0.15, -0.1) is 0 Å². The number of nitrogens with one attached hydrogen (secondary N) is 1. The number of aliphatic hydroxyl groups is 1. The fourth-order valence-electron chi connectivity index (χ4n) is 2.40. The molecule has 1 heterocycles. The Kier molecular flexibility index (Phi) is 5.56. The van der Waals surface area contributed by atoms with Crippen molar-refractivity contribution >= 4 is 21.6 Å². The van der Waals surface area contributed by atoms with E-state index < -0.39 is 20.7 Å². The number of hydrogen-bond acceptors (Lipinski definition) is 4. The van der Waals surface area contributed by atoms with Crippen molar-refractivity contribution in [3.63, 3.8) is 0 Å². The first-order valence-electron chi connectivity index (χ1n) is 6.75. The summed E-state index contributed by atoms with van der Waals surface area (Å²) in [6, 6.07) is 3.89. The Bertz CT molecular complexity index is 591. The van der Waals surface area contributed by atoms with Crippen LogP contribution in [0.1, 0.15) is 12.8 Å². The summed E-state index contributed by atoms with van der Waals surface area (Å²) in [6.07, 6.45) is 1.83. The van der Waals surface area contributed by atoms with Crippen LogP contribution < -0.4 is 5.32 Å². The number of rotatable bonds is 6. The van der Waals surface area contributed by atoms with Gasteiger partial charge in [0.1, 0.15) is 4.90 Å². The first kappa shape index (κ1) is 16.6. The molecule has 0 bridgehead atoms. The topological polar surface area (TPSA) is 69.6 Å². The van der Waals surface area contributed by atoms with Gasteiger partial charge in [-0.1, -0.05) is 17.7 Å². The summed E-state index contributed by atoms with van der Waals surface area (Å²) in [7, 11) is -4.03. The second-order valence-electron chi connectivity index (χ2n) is 4.93. The SMILES string of the molecule is O=S(=O)(c1cccc(Cl)c1F)N(CCO)CC1CCCN1. The van der Waals surface area contributed by atoms with E-state index in [0.717, 1.165) is 23.7 Å². The van der Waals surface area contributed by atoms with Crippen molar-refractivity contribution in [1.29, 1.82) is 0 Å². The number of hydrogen-bond donors (Lipinski definition) is 2. The third-order valence-electron chi connectivity index (χ3n) is 3.47. The van der Waals surface area contributed by atoms with Crippen molar-refractivity contribution in [2.75, 3.05) is 26.2 Å². The van der Waals surface area contributed by atoms with E-state index in [0.29, 0.717) is 0 Å². The highest BCUT2D eigenvalue weighted by Gasteiger charge is 2.30. The molecule has 0 radical (unpaired) electrons. The fraction of sp³-hybridized carbons (Fsp3) is 0.538. The van der Waals surface area contributed by atoms with Crippen molar-refractivity contribution in [1.82, 2.24) is 9.62 Å². The maximum absolute atomic E-state index is 14.0. The van der Waals surface area contributed by atoms with Crippen LogP contribution in [-0.4, -0.2) is 50.1 Å². The number of sulfonamides is 1. The number of nitrogens with zero attached hydrogens (tertiary/aromatic N) is 1. The molecule has 1 fully saturated rings. The molecule has 0 aromatic heterocycles. The van der Waals surface area contributed by atoms with Gasteiger partial charge in [-0.05, 0) is 31.5 Å². The zero-order valence-electron chi connectivity index (χ0n) is 11.4. The van der Waals surface area contributed by atoms with Gasteiger partial charge in [0, 0.05) is 19.1 Å². The van der Waals surface area contributed by atoms with Crippen LogP contribution in [0.15, 0.2) is 23.1 Å². The molecule has 1 unspecified atom stereocenters. The molecule has 2 rings (SSSR count). The predicted octanol–water partition coefficient (Wildman–Crippen LogP) is 1.21. The lowest BCUT2D eigenvalue weighted by Crippen LogP contribution is -2.42. The van der Waals surface area contributed by atoms with Gasteiger partial charge in [0.05, 0.1) is 11.6 Å². The standard InChI is InChI=1S/C13H18ClFN2O3S/c14-11-4-1-5-12(13(11)15)21(19,20)17(7-8-18)9-10-3-2-6-16-10/h1,4-5,10,16,18H,2-3,6-9H2. The molecular formula is C13H18ClFN2O3S. The molecule has 21 heavy (non-hydrogen) atoms. The zero-order valence-corrected chi connectivity index (χ0v) is 13.0. The molecule has 1 aromatic carbocycles. The average Bonchev–Trinajstić information content (AvgIpc) is 2.94. The first-order valence-corrected chi connectivity index (χ1v) is 8.57. The van der Waals surface area contributed by atoms with E-state index in [-0.39, 0.29) is 30.8 Å². The molecule has 1 aliphatic rings. The lowest BCUT2D eigenvalue weighted by Gasteiger charge is -2.24. The van der Waals surface area contributed by atoms with Gasteiger partial charge >= 0.3 is 0 Å². The van der Waals surface area contributed by atoms with Gasteiger partial charge in [0.15, 0.2) is 5.82 Å². The highest BCUT2D eigenvalue weighted by molar-refractivity contribution is 7.89. The molecule has 118 valence electrons. The van der Waals surface area contributed by atoms with Crippen LogP contribution in [0.2, 0.25) is 5.02 Å². The van der Waals surface area contributed by atoms with E-state index in [1.54, 1.807) is 0 Å². The first-order chi connectivity index (χ1) is 9.96. The van der Waals surface area contributed by atoms with Crippen LogP contribution in [0, 0.1) is 5.82 Å². The monoisotopic (exact) mass is 336 g/mol. The molecule has 0 spiro atoms.